The molecule has 4 heteroatoms. The molecule has 1 atom stereocenters. The first-order valence-electron chi connectivity index (χ1n) is 4.20. The third-order valence-corrected chi connectivity index (χ3v) is 2.15. The zero-order valence-electron chi connectivity index (χ0n) is 7.28. The maximum atomic E-state index is 9.47. The average Bonchev–Trinajstić information content (AvgIpc) is 2.09. The highest BCUT2D eigenvalue weighted by atomic mass is 35.5. The molecular weight excluding hydrogens is 188 g/mol. The second-order valence-corrected chi connectivity index (χ2v) is 3.31. The van der Waals surface area contributed by atoms with Crippen molar-refractivity contribution in [3.8, 4) is 0 Å². The van der Waals surface area contributed by atoms with Crippen LogP contribution in [0.15, 0.2) is 18.5 Å². The van der Waals surface area contributed by atoms with Crippen molar-refractivity contribution in [3.63, 3.8) is 0 Å². The maximum absolute atomic E-state index is 9.47. The molecule has 1 rings (SSSR count). The molecule has 0 bridgehead atoms. The van der Waals surface area contributed by atoms with Crippen LogP contribution in [0, 0.1) is 0 Å². The predicted octanol–water partition coefficient (Wildman–Crippen LogP) is 0.987. The molecule has 1 unspecified atom stereocenters. The van der Waals surface area contributed by atoms with Gasteiger partial charge in [-0.1, -0.05) is 11.6 Å². The van der Waals surface area contributed by atoms with Gasteiger partial charge in [0.2, 0.25) is 0 Å². The minimum atomic E-state index is -0.412. The summed E-state index contributed by atoms with van der Waals surface area (Å²) < 4.78 is 0. The van der Waals surface area contributed by atoms with Gasteiger partial charge in [0.25, 0.3) is 0 Å². The molecule has 0 radical (unpaired) electrons. The summed E-state index contributed by atoms with van der Waals surface area (Å²) in [5.74, 6) is 0. The molecule has 3 nitrogen and oxygen atoms in total. The van der Waals surface area contributed by atoms with E-state index in [1.165, 1.54) is 0 Å². The lowest BCUT2D eigenvalue weighted by Gasteiger charge is -2.09. The first-order chi connectivity index (χ1) is 6.24. The number of nitrogens with two attached hydrogens (primary N) is 1. The molecule has 3 N–H and O–H groups in total. The Kier molecular flexibility index (Phi) is 4.15. The Morgan fingerprint density at radius 2 is 2.38 bits per heavy atom. The summed E-state index contributed by atoms with van der Waals surface area (Å²) >= 11 is 5.86. The first kappa shape index (κ1) is 10.4. The normalized spacial score (nSPS) is 12.8. The fourth-order valence-corrected chi connectivity index (χ4v) is 1.31. The second kappa shape index (κ2) is 5.17. The highest BCUT2D eigenvalue weighted by molar-refractivity contribution is 6.31. The number of halogens is 1. The van der Waals surface area contributed by atoms with Crippen LogP contribution in [0.4, 0.5) is 0 Å². The lowest BCUT2D eigenvalue weighted by atomic mass is 10.1. The van der Waals surface area contributed by atoms with E-state index in [-0.39, 0.29) is 0 Å². The smallest absolute Gasteiger partial charge is 0.0622 e. The Morgan fingerprint density at radius 1 is 1.62 bits per heavy atom. The summed E-state index contributed by atoms with van der Waals surface area (Å²) in [5.41, 5.74) is 6.23. The van der Waals surface area contributed by atoms with Crippen LogP contribution >= 0.6 is 11.6 Å². The summed E-state index contributed by atoms with van der Waals surface area (Å²) in [6.45, 7) is 0.490. The van der Waals surface area contributed by atoms with Crippen molar-refractivity contribution in [2.75, 3.05) is 6.54 Å². The molecule has 1 aromatic heterocycles. The molecule has 0 saturated heterocycles. The van der Waals surface area contributed by atoms with Crippen LogP contribution in [0.3, 0.4) is 0 Å². The van der Waals surface area contributed by atoms with Gasteiger partial charge in [0, 0.05) is 12.4 Å². The summed E-state index contributed by atoms with van der Waals surface area (Å²) in [5, 5.41) is 10.1. The molecule has 1 heterocycles. The van der Waals surface area contributed by atoms with E-state index in [1.807, 2.05) is 6.07 Å². The Labute approximate surface area is 82.5 Å². The maximum Gasteiger partial charge on any atom is 0.0622 e. The predicted molar refractivity (Wildman–Crippen MR) is 52.6 cm³/mol. The fraction of sp³-hybridized carbons (Fsp3) is 0.444. The van der Waals surface area contributed by atoms with Crippen molar-refractivity contribution in [1.29, 1.82) is 0 Å². The van der Waals surface area contributed by atoms with Crippen molar-refractivity contribution in [3.05, 3.63) is 29.0 Å². The average molecular weight is 201 g/mol. The number of nitrogens with zero attached hydrogens (tertiary/aromatic N) is 1. The minimum Gasteiger partial charge on any atom is -0.393 e. The van der Waals surface area contributed by atoms with Crippen LogP contribution in [-0.2, 0) is 6.42 Å². The third kappa shape index (κ3) is 3.30. The van der Waals surface area contributed by atoms with Gasteiger partial charge in [-0.25, -0.2) is 0 Å². The number of hydrogen-bond donors (Lipinski definition) is 2. The van der Waals surface area contributed by atoms with Gasteiger partial charge in [-0.05, 0) is 31.0 Å². The summed E-state index contributed by atoms with van der Waals surface area (Å²) in [6.07, 6.45) is 3.96. The van der Waals surface area contributed by atoms with E-state index in [0.717, 1.165) is 5.56 Å². The Morgan fingerprint density at radius 3 is 3.00 bits per heavy atom. The van der Waals surface area contributed by atoms with Gasteiger partial charge < -0.3 is 10.8 Å². The number of aliphatic hydroxyl groups is 1. The Bertz CT molecular complexity index is 268. The van der Waals surface area contributed by atoms with Crippen molar-refractivity contribution in [1.82, 2.24) is 4.98 Å². The van der Waals surface area contributed by atoms with E-state index >= 15 is 0 Å². The molecule has 0 spiro atoms. The van der Waals surface area contributed by atoms with Crippen LogP contribution in [0.25, 0.3) is 0 Å². The minimum absolute atomic E-state index is 0.412. The monoisotopic (exact) mass is 200 g/mol. The second-order valence-electron chi connectivity index (χ2n) is 2.90. The quantitative estimate of drug-likeness (QED) is 0.762. The van der Waals surface area contributed by atoms with Crippen LogP contribution < -0.4 is 5.73 Å². The topological polar surface area (TPSA) is 59.1 Å². The van der Waals surface area contributed by atoms with Gasteiger partial charge in [-0.15, -0.1) is 0 Å². The molecule has 72 valence electrons. The first-order valence-corrected chi connectivity index (χ1v) is 4.58. The highest BCUT2D eigenvalue weighted by Crippen LogP contribution is 2.15. The number of pyridine rings is 1. The molecule has 1 aromatic rings. The van der Waals surface area contributed by atoms with Crippen molar-refractivity contribution >= 4 is 11.6 Å². The highest BCUT2D eigenvalue weighted by Gasteiger charge is 2.06. The fourth-order valence-electron chi connectivity index (χ4n) is 1.12. The van der Waals surface area contributed by atoms with E-state index in [1.54, 1.807) is 12.4 Å². The van der Waals surface area contributed by atoms with E-state index in [4.69, 9.17) is 17.3 Å². The lowest BCUT2D eigenvalue weighted by Crippen LogP contribution is -2.16. The van der Waals surface area contributed by atoms with Crippen LogP contribution in [-0.4, -0.2) is 22.7 Å². The number of hydrogen-bond acceptors (Lipinski definition) is 3. The summed E-state index contributed by atoms with van der Waals surface area (Å²) in [6, 6.07) is 1.81. The Hall–Kier alpha value is -0.640. The molecule has 0 aliphatic carbocycles. The molecule has 0 aliphatic heterocycles. The number of aliphatic hydroxyl groups excluding tert-OH is 1. The van der Waals surface area contributed by atoms with Crippen LogP contribution in [0.1, 0.15) is 12.0 Å². The van der Waals surface area contributed by atoms with Crippen LogP contribution in [0.2, 0.25) is 5.02 Å². The van der Waals surface area contributed by atoms with Gasteiger partial charge in [0.1, 0.15) is 0 Å². The summed E-state index contributed by atoms with van der Waals surface area (Å²) in [7, 11) is 0. The zero-order valence-corrected chi connectivity index (χ0v) is 8.04. The van der Waals surface area contributed by atoms with E-state index in [2.05, 4.69) is 4.98 Å². The molecule has 13 heavy (non-hydrogen) atoms. The summed E-state index contributed by atoms with van der Waals surface area (Å²) in [4.78, 5) is 3.86. The molecule has 0 fully saturated rings. The standard InChI is InChI=1S/C9H13ClN2O/c10-9-6-12-4-2-7(9)5-8(13)1-3-11/h2,4,6,8,13H,1,3,5,11H2. The van der Waals surface area contributed by atoms with E-state index < -0.39 is 6.10 Å². The molecule has 0 amide bonds. The largest absolute Gasteiger partial charge is 0.393 e. The Balaban J connectivity index is 2.58. The van der Waals surface area contributed by atoms with Crippen LogP contribution in [0.5, 0.6) is 0 Å². The van der Waals surface area contributed by atoms with E-state index in [0.29, 0.717) is 24.4 Å². The van der Waals surface area contributed by atoms with Gasteiger partial charge >= 0.3 is 0 Å². The van der Waals surface area contributed by atoms with Gasteiger partial charge in [0.15, 0.2) is 0 Å². The van der Waals surface area contributed by atoms with Gasteiger partial charge in [-0.2, -0.15) is 0 Å². The molecular formula is C9H13ClN2O. The number of aromatic nitrogens is 1. The van der Waals surface area contributed by atoms with Crippen molar-refractivity contribution in [2.45, 2.75) is 18.9 Å². The number of rotatable bonds is 4. The van der Waals surface area contributed by atoms with Crippen molar-refractivity contribution in [2.24, 2.45) is 5.73 Å². The molecule has 0 aromatic carbocycles. The third-order valence-electron chi connectivity index (χ3n) is 1.81. The van der Waals surface area contributed by atoms with Gasteiger partial charge in [0.05, 0.1) is 11.1 Å². The van der Waals surface area contributed by atoms with Crippen molar-refractivity contribution < 1.29 is 5.11 Å². The van der Waals surface area contributed by atoms with E-state index in [9.17, 15) is 5.11 Å². The zero-order chi connectivity index (χ0) is 9.68. The SMILES string of the molecule is NCCC(O)Cc1ccncc1Cl. The molecule has 0 saturated carbocycles. The van der Waals surface area contributed by atoms with Gasteiger partial charge in [-0.3, -0.25) is 4.98 Å². The molecule has 0 aliphatic rings. The lowest BCUT2D eigenvalue weighted by molar-refractivity contribution is 0.167.